The highest BCUT2D eigenvalue weighted by Gasteiger charge is 2.35. The van der Waals surface area contributed by atoms with E-state index in [1.165, 1.54) is 24.5 Å². The van der Waals surface area contributed by atoms with Crippen molar-refractivity contribution in [3.05, 3.63) is 64.7 Å². The van der Waals surface area contributed by atoms with Crippen LogP contribution in [0, 0.1) is 11.6 Å². The molecule has 2 unspecified atom stereocenters. The van der Waals surface area contributed by atoms with Crippen LogP contribution in [-0.4, -0.2) is 34.8 Å². The number of halogens is 2. The lowest BCUT2D eigenvalue weighted by Crippen LogP contribution is -2.53. The minimum atomic E-state index is -1.07. The first-order valence-corrected chi connectivity index (χ1v) is 12.1. The number of amides is 1. The quantitative estimate of drug-likeness (QED) is 0.426. The van der Waals surface area contributed by atoms with Crippen LogP contribution < -0.4 is 10.6 Å². The second kappa shape index (κ2) is 11.3. The van der Waals surface area contributed by atoms with Gasteiger partial charge in [-0.2, -0.15) is 0 Å². The third-order valence-corrected chi connectivity index (χ3v) is 6.85. The topological polar surface area (TPSA) is 81.6 Å². The SMILES string of the molecule is CC(=O)NC(Cc1cc(F)c(O)c(F)c1)C(O)CNC1(c2cccc(C(C)C)c2)CCCCC1. The van der Waals surface area contributed by atoms with Gasteiger partial charge >= 0.3 is 0 Å². The van der Waals surface area contributed by atoms with Crippen molar-refractivity contribution in [2.45, 2.75) is 82.9 Å². The summed E-state index contributed by atoms with van der Waals surface area (Å²) in [5.41, 5.74) is 2.42. The highest BCUT2D eigenvalue weighted by atomic mass is 19.1. The molecule has 0 aliphatic heterocycles. The van der Waals surface area contributed by atoms with Gasteiger partial charge in [0, 0.05) is 19.0 Å². The molecule has 7 heteroatoms. The van der Waals surface area contributed by atoms with Gasteiger partial charge in [0.15, 0.2) is 17.4 Å². The number of benzene rings is 2. The van der Waals surface area contributed by atoms with Gasteiger partial charge < -0.3 is 20.8 Å². The molecule has 1 aliphatic carbocycles. The third-order valence-electron chi connectivity index (χ3n) is 6.85. The van der Waals surface area contributed by atoms with Crippen molar-refractivity contribution in [3.8, 4) is 5.75 Å². The lowest BCUT2D eigenvalue weighted by atomic mass is 9.75. The molecule has 0 aromatic heterocycles. The lowest BCUT2D eigenvalue weighted by molar-refractivity contribution is -0.120. The molecule has 0 bridgehead atoms. The number of carbonyl (C=O) groups is 1. The highest BCUT2D eigenvalue weighted by molar-refractivity contribution is 5.73. The number of aliphatic hydroxyl groups excluding tert-OH is 1. The summed E-state index contributed by atoms with van der Waals surface area (Å²) < 4.78 is 27.6. The van der Waals surface area contributed by atoms with Gasteiger partial charge in [-0.25, -0.2) is 8.78 Å². The van der Waals surface area contributed by atoms with E-state index >= 15 is 0 Å². The maximum Gasteiger partial charge on any atom is 0.217 e. The minimum Gasteiger partial charge on any atom is -0.503 e. The summed E-state index contributed by atoms with van der Waals surface area (Å²) in [6.07, 6.45) is 4.25. The molecule has 1 amide bonds. The largest absolute Gasteiger partial charge is 0.503 e. The van der Waals surface area contributed by atoms with Crippen LogP contribution in [0.1, 0.15) is 75.5 Å². The molecular formula is C27H36F2N2O3. The summed E-state index contributed by atoms with van der Waals surface area (Å²) in [5.74, 6) is -3.13. The van der Waals surface area contributed by atoms with E-state index in [-0.39, 0.29) is 30.0 Å². The molecule has 1 aliphatic rings. The molecular weight excluding hydrogens is 438 g/mol. The first-order chi connectivity index (χ1) is 16.1. The fourth-order valence-electron chi connectivity index (χ4n) is 4.89. The van der Waals surface area contributed by atoms with Crippen LogP contribution in [0.25, 0.3) is 0 Å². The van der Waals surface area contributed by atoms with E-state index in [4.69, 9.17) is 0 Å². The number of phenols is 1. The summed E-state index contributed by atoms with van der Waals surface area (Å²) in [6.45, 7) is 5.87. The predicted octanol–water partition coefficient (Wildman–Crippen LogP) is 4.65. The maximum absolute atomic E-state index is 13.8. The van der Waals surface area contributed by atoms with Crippen LogP contribution in [0.5, 0.6) is 5.75 Å². The van der Waals surface area contributed by atoms with Gasteiger partial charge in [0.05, 0.1) is 12.1 Å². The van der Waals surface area contributed by atoms with E-state index in [1.807, 2.05) is 0 Å². The van der Waals surface area contributed by atoms with Crippen molar-refractivity contribution < 1.29 is 23.8 Å². The molecule has 1 saturated carbocycles. The molecule has 0 saturated heterocycles. The molecule has 4 N–H and O–H groups in total. The molecule has 0 radical (unpaired) electrons. The van der Waals surface area contributed by atoms with Crippen LogP contribution in [0.2, 0.25) is 0 Å². The number of rotatable bonds is 9. The zero-order chi connectivity index (χ0) is 24.9. The van der Waals surface area contributed by atoms with E-state index in [9.17, 15) is 23.8 Å². The number of carbonyl (C=O) groups excluding carboxylic acids is 1. The molecule has 2 aromatic carbocycles. The van der Waals surface area contributed by atoms with Gasteiger partial charge in [0.2, 0.25) is 5.91 Å². The average molecular weight is 475 g/mol. The summed E-state index contributed by atoms with van der Waals surface area (Å²) in [5, 5.41) is 26.7. The number of phenolic OH excluding ortho intramolecular Hbond substituents is 1. The zero-order valence-electron chi connectivity index (χ0n) is 20.2. The molecule has 2 atom stereocenters. The van der Waals surface area contributed by atoms with Crippen molar-refractivity contribution in [1.29, 1.82) is 0 Å². The van der Waals surface area contributed by atoms with Gasteiger partial charge in [0.25, 0.3) is 0 Å². The number of hydrogen-bond donors (Lipinski definition) is 4. The standard InChI is InChI=1S/C27H36F2N2O3/c1-17(2)20-8-7-9-21(15-20)27(10-5-4-6-11-27)30-16-25(33)24(31-18(3)32)14-19-12-22(28)26(34)23(29)13-19/h7-9,12-13,15,17,24-25,30,33-34H,4-6,10-11,14,16H2,1-3H3,(H,31,32). The molecule has 0 heterocycles. The molecule has 3 rings (SSSR count). The second-order valence-electron chi connectivity index (χ2n) is 9.79. The number of hydrogen-bond acceptors (Lipinski definition) is 4. The van der Waals surface area contributed by atoms with Gasteiger partial charge in [-0.3, -0.25) is 4.79 Å². The second-order valence-corrected chi connectivity index (χ2v) is 9.79. The van der Waals surface area contributed by atoms with Crippen LogP contribution in [0.15, 0.2) is 36.4 Å². The Labute approximate surface area is 200 Å². The first-order valence-electron chi connectivity index (χ1n) is 12.1. The summed E-state index contributed by atoms with van der Waals surface area (Å²) >= 11 is 0. The molecule has 0 spiro atoms. The predicted molar refractivity (Wildman–Crippen MR) is 129 cm³/mol. The fraction of sp³-hybridized carbons (Fsp3) is 0.519. The van der Waals surface area contributed by atoms with Gasteiger partial charge in [0.1, 0.15) is 0 Å². The molecule has 34 heavy (non-hydrogen) atoms. The van der Waals surface area contributed by atoms with Crippen molar-refractivity contribution >= 4 is 5.91 Å². The summed E-state index contributed by atoms with van der Waals surface area (Å²) in [7, 11) is 0. The Bertz CT molecular complexity index is 967. The Morgan fingerprint density at radius 2 is 1.74 bits per heavy atom. The van der Waals surface area contributed by atoms with E-state index in [0.29, 0.717) is 5.92 Å². The zero-order valence-corrected chi connectivity index (χ0v) is 20.2. The average Bonchev–Trinajstić information content (AvgIpc) is 2.81. The number of aromatic hydroxyl groups is 1. The Morgan fingerprint density at radius 1 is 1.09 bits per heavy atom. The normalized spacial score (nSPS) is 17.4. The minimum absolute atomic E-state index is 0.0202. The monoisotopic (exact) mass is 474 g/mol. The van der Waals surface area contributed by atoms with Gasteiger partial charge in [-0.15, -0.1) is 0 Å². The van der Waals surface area contributed by atoms with Crippen LogP contribution in [0.3, 0.4) is 0 Å². The van der Waals surface area contributed by atoms with E-state index < -0.39 is 29.5 Å². The molecule has 5 nitrogen and oxygen atoms in total. The molecule has 2 aromatic rings. The summed E-state index contributed by atoms with van der Waals surface area (Å²) in [6, 6.07) is 9.86. The lowest BCUT2D eigenvalue weighted by Gasteiger charge is -2.40. The van der Waals surface area contributed by atoms with Crippen LogP contribution in [-0.2, 0) is 16.8 Å². The highest BCUT2D eigenvalue weighted by Crippen LogP contribution is 2.38. The first kappa shape index (κ1) is 26.1. The smallest absolute Gasteiger partial charge is 0.217 e. The van der Waals surface area contributed by atoms with Crippen molar-refractivity contribution in [3.63, 3.8) is 0 Å². The fourth-order valence-corrected chi connectivity index (χ4v) is 4.89. The maximum atomic E-state index is 13.8. The summed E-state index contributed by atoms with van der Waals surface area (Å²) in [4.78, 5) is 11.8. The number of nitrogens with one attached hydrogen (secondary N) is 2. The molecule has 1 fully saturated rings. The Morgan fingerprint density at radius 3 is 2.32 bits per heavy atom. The van der Waals surface area contributed by atoms with Crippen molar-refractivity contribution in [2.75, 3.05) is 6.54 Å². The Kier molecular flexibility index (Phi) is 8.66. The van der Waals surface area contributed by atoms with Crippen LogP contribution in [0.4, 0.5) is 8.78 Å². The molecule has 186 valence electrons. The van der Waals surface area contributed by atoms with E-state index in [2.05, 4.69) is 48.7 Å². The van der Waals surface area contributed by atoms with Crippen LogP contribution >= 0.6 is 0 Å². The van der Waals surface area contributed by atoms with E-state index in [0.717, 1.165) is 37.8 Å². The van der Waals surface area contributed by atoms with Gasteiger partial charge in [-0.1, -0.05) is 57.4 Å². The Balaban J connectivity index is 1.80. The van der Waals surface area contributed by atoms with Gasteiger partial charge in [-0.05, 0) is 54.0 Å². The van der Waals surface area contributed by atoms with Crippen molar-refractivity contribution in [2.24, 2.45) is 0 Å². The van der Waals surface area contributed by atoms with E-state index in [1.54, 1.807) is 0 Å². The Hall–Kier alpha value is -2.51. The third kappa shape index (κ3) is 6.33. The van der Waals surface area contributed by atoms with Crippen molar-refractivity contribution in [1.82, 2.24) is 10.6 Å². The number of aliphatic hydroxyl groups is 1.